The smallest absolute Gasteiger partial charge is 0.182 e. The van der Waals surface area contributed by atoms with Gasteiger partial charge in [-0.3, -0.25) is 0 Å². The molecule has 0 amide bonds. The van der Waals surface area contributed by atoms with Crippen LogP contribution in [-0.2, 0) is 6.54 Å². The number of unbranched alkanes of at least 4 members (excludes halogenated alkanes) is 7. The highest BCUT2D eigenvalue weighted by molar-refractivity contribution is 5.60. The maximum atomic E-state index is 5.83. The van der Waals surface area contributed by atoms with E-state index in [0.29, 0.717) is 0 Å². The van der Waals surface area contributed by atoms with Crippen molar-refractivity contribution < 1.29 is 0 Å². The topological polar surface area (TPSA) is 69.6 Å². The van der Waals surface area contributed by atoms with E-state index in [4.69, 9.17) is 5.73 Å². The average Bonchev–Trinajstić information content (AvgIpc) is 2.98. The van der Waals surface area contributed by atoms with Gasteiger partial charge in [-0.15, -0.1) is 5.10 Å². The van der Waals surface area contributed by atoms with E-state index in [9.17, 15) is 0 Å². The Morgan fingerprint density at radius 2 is 1.73 bits per heavy atom. The van der Waals surface area contributed by atoms with Crippen molar-refractivity contribution in [2.75, 3.05) is 5.73 Å². The van der Waals surface area contributed by atoms with E-state index >= 15 is 0 Å². The summed E-state index contributed by atoms with van der Waals surface area (Å²) in [5, 5.41) is 12.0. The second-order valence-corrected chi connectivity index (χ2v) is 5.83. The molecule has 0 aliphatic carbocycles. The zero-order chi connectivity index (χ0) is 15.6. The third kappa shape index (κ3) is 5.13. The highest BCUT2D eigenvalue weighted by atomic mass is 15.5. The summed E-state index contributed by atoms with van der Waals surface area (Å²) in [6.07, 6.45) is 10.4. The predicted molar refractivity (Wildman–Crippen MR) is 90.3 cm³/mol. The SMILES string of the molecule is CCCCCCCCCCn1nnnc1-c1cccc(N)c1. The van der Waals surface area contributed by atoms with Crippen molar-refractivity contribution in [2.24, 2.45) is 0 Å². The van der Waals surface area contributed by atoms with Crippen molar-refractivity contribution in [3.8, 4) is 11.4 Å². The molecule has 0 aliphatic heterocycles. The minimum Gasteiger partial charge on any atom is -0.399 e. The zero-order valence-electron chi connectivity index (χ0n) is 13.5. The standard InChI is InChI=1S/C17H27N5/c1-2-3-4-5-6-7-8-9-13-22-17(19-20-21-22)15-11-10-12-16(18)14-15/h10-12,14H,2-9,13,18H2,1H3. The van der Waals surface area contributed by atoms with Crippen LogP contribution in [-0.4, -0.2) is 20.2 Å². The fourth-order valence-corrected chi connectivity index (χ4v) is 2.64. The Balaban J connectivity index is 1.74. The molecule has 0 saturated heterocycles. The van der Waals surface area contributed by atoms with Gasteiger partial charge in [-0.05, 0) is 29.0 Å². The number of hydrogen-bond acceptors (Lipinski definition) is 4. The Hall–Kier alpha value is -1.91. The van der Waals surface area contributed by atoms with E-state index in [0.717, 1.165) is 30.0 Å². The maximum absolute atomic E-state index is 5.83. The van der Waals surface area contributed by atoms with Gasteiger partial charge in [0.2, 0.25) is 0 Å². The van der Waals surface area contributed by atoms with Crippen LogP contribution in [0.25, 0.3) is 11.4 Å². The summed E-state index contributed by atoms with van der Waals surface area (Å²) < 4.78 is 1.88. The molecule has 0 radical (unpaired) electrons. The van der Waals surface area contributed by atoms with Gasteiger partial charge in [0.25, 0.3) is 0 Å². The number of hydrogen-bond donors (Lipinski definition) is 1. The third-order valence-corrected chi connectivity index (χ3v) is 3.90. The third-order valence-electron chi connectivity index (χ3n) is 3.90. The van der Waals surface area contributed by atoms with Crippen LogP contribution in [0.4, 0.5) is 5.69 Å². The zero-order valence-corrected chi connectivity index (χ0v) is 13.5. The molecule has 0 bridgehead atoms. The van der Waals surface area contributed by atoms with Crippen molar-refractivity contribution >= 4 is 5.69 Å². The summed E-state index contributed by atoms with van der Waals surface area (Å²) in [5.74, 6) is 0.801. The largest absolute Gasteiger partial charge is 0.399 e. The lowest BCUT2D eigenvalue weighted by Gasteiger charge is -2.05. The fourth-order valence-electron chi connectivity index (χ4n) is 2.64. The predicted octanol–water partition coefficient (Wildman–Crippen LogP) is 4.06. The molecule has 1 heterocycles. The lowest BCUT2D eigenvalue weighted by atomic mass is 10.1. The first-order chi connectivity index (χ1) is 10.8. The van der Waals surface area contributed by atoms with E-state index in [2.05, 4.69) is 22.4 Å². The summed E-state index contributed by atoms with van der Waals surface area (Å²) >= 11 is 0. The highest BCUT2D eigenvalue weighted by Gasteiger charge is 2.08. The molecule has 0 atom stereocenters. The second kappa shape index (κ2) is 9.18. The molecule has 0 aliphatic rings. The number of nitrogen functional groups attached to an aromatic ring is 1. The van der Waals surface area contributed by atoms with Crippen LogP contribution in [0, 0.1) is 0 Å². The van der Waals surface area contributed by atoms with Gasteiger partial charge >= 0.3 is 0 Å². The van der Waals surface area contributed by atoms with Gasteiger partial charge in [-0.25, -0.2) is 4.68 Å². The molecule has 2 rings (SSSR count). The van der Waals surface area contributed by atoms with Gasteiger partial charge in [0.1, 0.15) is 0 Å². The fraction of sp³-hybridized carbons (Fsp3) is 0.588. The minimum atomic E-state index is 0.735. The van der Waals surface area contributed by atoms with Crippen molar-refractivity contribution in [3.05, 3.63) is 24.3 Å². The normalized spacial score (nSPS) is 11.0. The minimum absolute atomic E-state index is 0.735. The Morgan fingerprint density at radius 1 is 1.00 bits per heavy atom. The van der Waals surface area contributed by atoms with Crippen molar-refractivity contribution in [1.82, 2.24) is 20.2 Å². The van der Waals surface area contributed by atoms with Gasteiger partial charge in [0.05, 0.1) is 0 Å². The first-order valence-electron chi connectivity index (χ1n) is 8.43. The lowest BCUT2D eigenvalue weighted by Crippen LogP contribution is -2.03. The number of benzene rings is 1. The summed E-state index contributed by atoms with van der Waals surface area (Å²) in [6.45, 7) is 3.12. The molecular weight excluding hydrogens is 274 g/mol. The van der Waals surface area contributed by atoms with Crippen LogP contribution in [0.3, 0.4) is 0 Å². The van der Waals surface area contributed by atoms with Crippen LogP contribution in [0.1, 0.15) is 58.3 Å². The number of tetrazole rings is 1. The van der Waals surface area contributed by atoms with Gasteiger partial charge < -0.3 is 5.73 Å². The molecule has 1 aromatic heterocycles. The Bertz CT molecular complexity index is 549. The van der Waals surface area contributed by atoms with E-state index in [1.807, 2.05) is 28.9 Å². The molecule has 0 saturated carbocycles. The number of nitrogens with two attached hydrogens (primary N) is 1. The van der Waals surface area contributed by atoms with Gasteiger partial charge in [-0.2, -0.15) is 0 Å². The van der Waals surface area contributed by atoms with E-state index in [1.165, 1.54) is 44.9 Å². The van der Waals surface area contributed by atoms with Crippen LogP contribution in [0.5, 0.6) is 0 Å². The van der Waals surface area contributed by atoms with Gasteiger partial charge in [-0.1, -0.05) is 64.0 Å². The van der Waals surface area contributed by atoms with Gasteiger partial charge in [0, 0.05) is 17.8 Å². The number of aromatic nitrogens is 4. The summed E-state index contributed by atoms with van der Waals surface area (Å²) in [4.78, 5) is 0. The summed E-state index contributed by atoms with van der Waals surface area (Å²) in [7, 11) is 0. The quantitative estimate of drug-likeness (QED) is 0.530. The van der Waals surface area contributed by atoms with Crippen molar-refractivity contribution in [3.63, 3.8) is 0 Å². The second-order valence-electron chi connectivity index (χ2n) is 5.83. The Morgan fingerprint density at radius 3 is 2.45 bits per heavy atom. The average molecular weight is 301 g/mol. The molecule has 0 fully saturated rings. The molecule has 2 aromatic rings. The van der Waals surface area contributed by atoms with Crippen LogP contribution in [0.2, 0.25) is 0 Å². The van der Waals surface area contributed by atoms with E-state index in [1.54, 1.807) is 0 Å². The van der Waals surface area contributed by atoms with Crippen molar-refractivity contribution in [1.29, 1.82) is 0 Å². The molecule has 22 heavy (non-hydrogen) atoms. The molecule has 0 unspecified atom stereocenters. The summed E-state index contributed by atoms with van der Waals surface area (Å²) in [5.41, 5.74) is 7.54. The molecule has 0 spiro atoms. The molecule has 5 nitrogen and oxygen atoms in total. The number of anilines is 1. The number of aryl methyl sites for hydroxylation is 1. The molecule has 120 valence electrons. The Kier molecular flexibility index (Phi) is 6.87. The van der Waals surface area contributed by atoms with Crippen LogP contribution in [0.15, 0.2) is 24.3 Å². The van der Waals surface area contributed by atoms with E-state index in [-0.39, 0.29) is 0 Å². The highest BCUT2D eigenvalue weighted by Crippen LogP contribution is 2.19. The van der Waals surface area contributed by atoms with E-state index < -0.39 is 0 Å². The van der Waals surface area contributed by atoms with Crippen LogP contribution >= 0.6 is 0 Å². The monoisotopic (exact) mass is 301 g/mol. The van der Waals surface area contributed by atoms with Crippen molar-refractivity contribution in [2.45, 2.75) is 64.8 Å². The Labute approximate surface area is 132 Å². The molecule has 5 heteroatoms. The summed E-state index contributed by atoms with van der Waals surface area (Å²) in [6, 6.07) is 7.71. The lowest BCUT2D eigenvalue weighted by molar-refractivity contribution is 0.513. The number of nitrogens with zero attached hydrogens (tertiary/aromatic N) is 4. The van der Waals surface area contributed by atoms with Crippen LogP contribution < -0.4 is 5.73 Å². The molecule has 2 N–H and O–H groups in total. The first kappa shape index (κ1) is 16.5. The maximum Gasteiger partial charge on any atom is 0.182 e. The number of rotatable bonds is 10. The first-order valence-corrected chi connectivity index (χ1v) is 8.43. The molecule has 1 aromatic carbocycles. The molecular formula is C17H27N5. The van der Waals surface area contributed by atoms with Gasteiger partial charge in [0.15, 0.2) is 5.82 Å².